The van der Waals surface area contributed by atoms with Crippen LogP contribution in [0.15, 0.2) is 10.5 Å². The number of thiazole rings is 1. The molecule has 0 saturated heterocycles. The molecule has 0 bridgehead atoms. The van der Waals surface area contributed by atoms with Crippen molar-refractivity contribution < 1.29 is 10.0 Å². The van der Waals surface area contributed by atoms with Crippen LogP contribution in [0.4, 0.5) is 0 Å². The molecule has 0 spiro atoms. The molecular weight excluding hydrogens is 240 g/mol. The SMILES string of the molecule is CCC(C(=O)NCc1nc(C)cs1)C(N)=NO. The van der Waals surface area contributed by atoms with Crippen LogP contribution in [0.25, 0.3) is 0 Å². The Kier molecular flexibility index (Phi) is 4.89. The third-order valence-electron chi connectivity index (χ3n) is 2.28. The monoisotopic (exact) mass is 256 g/mol. The van der Waals surface area contributed by atoms with Gasteiger partial charge in [0.05, 0.1) is 12.5 Å². The largest absolute Gasteiger partial charge is 0.409 e. The van der Waals surface area contributed by atoms with Gasteiger partial charge in [0.15, 0.2) is 5.84 Å². The Hall–Kier alpha value is -1.63. The molecule has 1 aromatic heterocycles. The fourth-order valence-corrected chi connectivity index (χ4v) is 2.08. The first-order valence-corrected chi connectivity index (χ1v) is 6.12. The average Bonchev–Trinajstić information content (AvgIpc) is 2.73. The van der Waals surface area contributed by atoms with E-state index in [1.807, 2.05) is 12.3 Å². The molecule has 0 saturated carbocycles. The zero-order valence-corrected chi connectivity index (χ0v) is 10.6. The molecule has 4 N–H and O–H groups in total. The molecule has 0 aliphatic carbocycles. The number of amidine groups is 1. The van der Waals surface area contributed by atoms with Crippen LogP contribution in [0.2, 0.25) is 0 Å². The van der Waals surface area contributed by atoms with E-state index >= 15 is 0 Å². The van der Waals surface area contributed by atoms with Crippen molar-refractivity contribution in [1.82, 2.24) is 10.3 Å². The molecule has 1 atom stereocenters. The summed E-state index contributed by atoms with van der Waals surface area (Å²) in [6.45, 7) is 4.06. The lowest BCUT2D eigenvalue weighted by Gasteiger charge is -2.12. The maximum Gasteiger partial charge on any atom is 0.231 e. The molecule has 0 radical (unpaired) electrons. The van der Waals surface area contributed by atoms with Gasteiger partial charge in [-0.05, 0) is 13.3 Å². The van der Waals surface area contributed by atoms with Crippen molar-refractivity contribution in [2.24, 2.45) is 16.8 Å². The van der Waals surface area contributed by atoms with Gasteiger partial charge in [-0.25, -0.2) is 4.98 Å². The summed E-state index contributed by atoms with van der Waals surface area (Å²) in [5, 5.41) is 16.9. The first-order valence-electron chi connectivity index (χ1n) is 5.24. The Balaban J connectivity index is 2.54. The van der Waals surface area contributed by atoms with Gasteiger partial charge < -0.3 is 16.3 Å². The molecule has 1 amide bonds. The maximum absolute atomic E-state index is 11.7. The highest BCUT2D eigenvalue weighted by molar-refractivity contribution is 7.09. The first kappa shape index (κ1) is 13.4. The Morgan fingerprint density at radius 1 is 1.76 bits per heavy atom. The number of nitrogens with two attached hydrogens (primary N) is 1. The molecule has 1 heterocycles. The molecule has 1 aromatic rings. The van der Waals surface area contributed by atoms with E-state index in [2.05, 4.69) is 15.5 Å². The molecular formula is C10H16N4O2S. The lowest BCUT2D eigenvalue weighted by molar-refractivity contribution is -0.123. The summed E-state index contributed by atoms with van der Waals surface area (Å²) in [6.07, 6.45) is 0.485. The average molecular weight is 256 g/mol. The van der Waals surface area contributed by atoms with Crippen LogP contribution in [0.3, 0.4) is 0 Å². The summed E-state index contributed by atoms with van der Waals surface area (Å²) < 4.78 is 0. The van der Waals surface area contributed by atoms with Crippen LogP contribution in [0, 0.1) is 12.8 Å². The van der Waals surface area contributed by atoms with Gasteiger partial charge in [0.25, 0.3) is 0 Å². The standard InChI is InChI=1S/C10H16N4O2S/c1-3-7(9(11)14-16)10(15)12-4-8-13-6(2)5-17-8/h5,7,16H,3-4H2,1-2H3,(H2,11,14)(H,12,15). The van der Waals surface area contributed by atoms with Gasteiger partial charge in [0.2, 0.25) is 5.91 Å². The van der Waals surface area contributed by atoms with Gasteiger partial charge >= 0.3 is 0 Å². The molecule has 0 aliphatic rings. The summed E-state index contributed by atoms with van der Waals surface area (Å²) in [5.41, 5.74) is 6.36. The normalized spacial score (nSPS) is 13.4. The first-order chi connectivity index (χ1) is 8.08. The van der Waals surface area contributed by atoms with Crippen LogP contribution in [0.1, 0.15) is 24.0 Å². The van der Waals surface area contributed by atoms with Crippen molar-refractivity contribution in [2.45, 2.75) is 26.8 Å². The molecule has 0 fully saturated rings. The van der Waals surface area contributed by atoms with Crippen LogP contribution in [-0.4, -0.2) is 21.9 Å². The van der Waals surface area contributed by atoms with Gasteiger partial charge in [0.1, 0.15) is 5.01 Å². The molecule has 17 heavy (non-hydrogen) atoms. The lowest BCUT2D eigenvalue weighted by atomic mass is 10.1. The number of nitrogens with zero attached hydrogens (tertiary/aromatic N) is 2. The highest BCUT2D eigenvalue weighted by Gasteiger charge is 2.20. The number of rotatable bonds is 5. The summed E-state index contributed by atoms with van der Waals surface area (Å²) in [4.78, 5) is 16.0. The second kappa shape index (κ2) is 6.19. The number of oxime groups is 1. The van der Waals surface area contributed by atoms with Crippen molar-refractivity contribution in [3.05, 3.63) is 16.1 Å². The summed E-state index contributed by atoms with van der Waals surface area (Å²) in [5.74, 6) is -0.919. The molecule has 1 unspecified atom stereocenters. The van der Waals surface area contributed by atoms with E-state index in [4.69, 9.17) is 10.9 Å². The zero-order chi connectivity index (χ0) is 12.8. The van der Waals surface area contributed by atoms with Gasteiger partial charge in [-0.2, -0.15) is 0 Å². The third kappa shape index (κ3) is 3.70. The Morgan fingerprint density at radius 2 is 2.47 bits per heavy atom. The van der Waals surface area contributed by atoms with Gasteiger partial charge in [-0.3, -0.25) is 4.79 Å². The lowest BCUT2D eigenvalue weighted by Crippen LogP contribution is -2.38. The van der Waals surface area contributed by atoms with Crippen LogP contribution in [-0.2, 0) is 11.3 Å². The number of nitrogens with one attached hydrogen (secondary N) is 1. The summed E-state index contributed by atoms with van der Waals surface area (Å²) in [6, 6.07) is 0. The van der Waals surface area contributed by atoms with Crippen molar-refractivity contribution >= 4 is 23.1 Å². The van der Waals surface area contributed by atoms with Gasteiger partial charge in [-0.1, -0.05) is 12.1 Å². The quantitative estimate of drug-likeness (QED) is 0.314. The molecule has 7 heteroatoms. The van der Waals surface area contributed by atoms with Crippen LogP contribution in [0.5, 0.6) is 0 Å². The summed E-state index contributed by atoms with van der Waals surface area (Å²) >= 11 is 1.49. The number of hydrogen-bond acceptors (Lipinski definition) is 5. The van der Waals surface area contributed by atoms with E-state index in [1.165, 1.54) is 11.3 Å². The zero-order valence-electron chi connectivity index (χ0n) is 9.80. The van der Waals surface area contributed by atoms with E-state index in [1.54, 1.807) is 6.92 Å². The number of aromatic nitrogens is 1. The number of aryl methyl sites for hydroxylation is 1. The number of carbonyl (C=O) groups is 1. The van der Waals surface area contributed by atoms with Gasteiger partial charge in [-0.15, -0.1) is 11.3 Å². The minimum atomic E-state index is -0.596. The molecule has 6 nitrogen and oxygen atoms in total. The molecule has 0 aromatic carbocycles. The number of hydrogen-bond donors (Lipinski definition) is 3. The van der Waals surface area contributed by atoms with Crippen molar-refractivity contribution in [2.75, 3.05) is 0 Å². The Bertz CT molecular complexity index is 416. The second-order valence-corrected chi connectivity index (χ2v) is 4.53. The highest BCUT2D eigenvalue weighted by Crippen LogP contribution is 2.09. The van der Waals surface area contributed by atoms with Crippen LogP contribution < -0.4 is 11.1 Å². The van der Waals surface area contributed by atoms with E-state index < -0.39 is 5.92 Å². The fraction of sp³-hybridized carbons (Fsp3) is 0.500. The van der Waals surface area contributed by atoms with Gasteiger partial charge in [0, 0.05) is 11.1 Å². The van der Waals surface area contributed by atoms with Crippen molar-refractivity contribution in [3.63, 3.8) is 0 Å². The van der Waals surface area contributed by atoms with Crippen LogP contribution >= 0.6 is 11.3 Å². The predicted molar refractivity (Wildman–Crippen MR) is 65.9 cm³/mol. The smallest absolute Gasteiger partial charge is 0.231 e. The summed E-state index contributed by atoms with van der Waals surface area (Å²) in [7, 11) is 0. The van der Waals surface area contributed by atoms with Crippen molar-refractivity contribution in [3.8, 4) is 0 Å². The second-order valence-electron chi connectivity index (χ2n) is 3.59. The molecule has 1 rings (SSSR count). The minimum Gasteiger partial charge on any atom is -0.409 e. The van der Waals surface area contributed by atoms with Crippen molar-refractivity contribution in [1.29, 1.82) is 0 Å². The minimum absolute atomic E-state index is 0.0691. The molecule has 94 valence electrons. The van der Waals surface area contributed by atoms with E-state index in [9.17, 15) is 4.79 Å². The number of carbonyl (C=O) groups excluding carboxylic acids is 1. The van der Waals surface area contributed by atoms with E-state index in [0.29, 0.717) is 13.0 Å². The highest BCUT2D eigenvalue weighted by atomic mass is 32.1. The Labute approximate surface area is 104 Å². The fourth-order valence-electron chi connectivity index (χ4n) is 1.37. The molecule has 0 aliphatic heterocycles. The third-order valence-corrected chi connectivity index (χ3v) is 3.24. The number of amides is 1. The van der Waals surface area contributed by atoms with E-state index in [0.717, 1.165) is 10.7 Å². The maximum atomic E-state index is 11.7. The van der Waals surface area contributed by atoms with E-state index in [-0.39, 0.29) is 11.7 Å². The predicted octanol–water partition coefficient (Wildman–Crippen LogP) is 0.840. The topological polar surface area (TPSA) is 101 Å². The Morgan fingerprint density at radius 3 is 2.94 bits per heavy atom.